The second kappa shape index (κ2) is 10.2. The van der Waals surface area contributed by atoms with E-state index < -0.39 is 0 Å². The summed E-state index contributed by atoms with van der Waals surface area (Å²) in [5, 5.41) is 31.3. The van der Waals surface area contributed by atoms with Gasteiger partial charge in [-0.25, -0.2) is 4.98 Å². The highest BCUT2D eigenvalue weighted by atomic mass is 32.2. The topological polar surface area (TPSA) is 110 Å². The molecule has 0 aliphatic rings. The van der Waals surface area contributed by atoms with Crippen LogP contribution >= 0.6 is 11.8 Å². The number of thioether (sulfide) groups is 1. The molecule has 148 valence electrons. The number of nitrogens with zero attached hydrogens (tertiary/aromatic N) is 3. The molecular formula is C23H18N4O2S. The molecule has 0 atom stereocenters. The molecule has 3 aromatic rings. The van der Waals surface area contributed by atoms with Crippen molar-refractivity contribution in [3.8, 4) is 23.3 Å². The molecule has 0 saturated carbocycles. The average Bonchev–Trinajstić information content (AvgIpc) is 2.81. The molecule has 0 fully saturated rings. The van der Waals surface area contributed by atoms with Crippen LogP contribution in [0.2, 0.25) is 0 Å². The Morgan fingerprint density at radius 1 is 1.10 bits per heavy atom. The standard InChI is InChI=1S/C23H18N4O2S/c24-12-19-14-27-23(20(13-25)21(19)17-6-2-1-3-7-17)30-15-16-5-4-8-18(11-16)22(29)26-9-10-28/h1-8,11,14,28H,9-10,15H2,(H,26,29). The summed E-state index contributed by atoms with van der Waals surface area (Å²) in [6, 6.07) is 20.8. The average molecular weight is 414 g/mol. The summed E-state index contributed by atoms with van der Waals surface area (Å²) in [6.45, 7) is 0.0765. The first-order valence-corrected chi connectivity index (χ1v) is 10.2. The Hall–Kier alpha value is -3.65. The van der Waals surface area contributed by atoms with Gasteiger partial charge in [-0.1, -0.05) is 42.5 Å². The van der Waals surface area contributed by atoms with E-state index in [0.29, 0.717) is 33.0 Å². The molecule has 0 aliphatic carbocycles. The van der Waals surface area contributed by atoms with E-state index in [1.807, 2.05) is 36.4 Å². The number of pyridine rings is 1. The normalized spacial score (nSPS) is 10.1. The van der Waals surface area contributed by atoms with Gasteiger partial charge in [-0.15, -0.1) is 11.8 Å². The zero-order valence-corrected chi connectivity index (χ0v) is 16.8. The molecule has 6 nitrogen and oxygen atoms in total. The Balaban J connectivity index is 1.87. The maximum Gasteiger partial charge on any atom is 0.251 e. The molecule has 0 saturated heterocycles. The molecule has 0 bridgehead atoms. The minimum absolute atomic E-state index is 0.119. The van der Waals surface area contributed by atoms with E-state index in [4.69, 9.17) is 5.11 Å². The van der Waals surface area contributed by atoms with Crippen LogP contribution in [0.25, 0.3) is 11.1 Å². The fourth-order valence-corrected chi connectivity index (χ4v) is 3.82. The van der Waals surface area contributed by atoms with Crippen LogP contribution in [0.5, 0.6) is 0 Å². The lowest BCUT2D eigenvalue weighted by atomic mass is 9.98. The molecule has 2 aromatic carbocycles. The third-order valence-electron chi connectivity index (χ3n) is 4.30. The van der Waals surface area contributed by atoms with Crippen molar-refractivity contribution in [1.82, 2.24) is 10.3 Å². The molecule has 1 amide bonds. The molecule has 0 spiro atoms. The minimum Gasteiger partial charge on any atom is -0.395 e. The van der Waals surface area contributed by atoms with Crippen molar-refractivity contribution >= 4 is 17.7 Å². The van der Waals surface area contributed by atoms with Crippen molar-refractivity contribution in [1.29, 1.82) is 10.5 Å². The Bertz CT molecular complexity index is 1130. The SMILES string of the molecule is N#Cc1cnc(SCc2cccc(C(=O)NCCO)c2)c(C#N)c1-c1ccccc1. The molecule has 2 N–H and O–H groups in total. The number of hydrogen-bond acceptors (Lipinski definition) is 6. The largest absolute Gasteiger partial charge is 0.395 e. The minimum atomic E-state index is -0.253. The van der Waals surface area contributed by atoms with Gasteiger partial charge in [0, 0.05) is 29.6 Å². The van der Waals surface area contributed by atoms with E-state index in [1.165, 1.54) is 18.0 Å². The number of hydrogen-bond donors (Lipinski definition) is 2. The lowest BCUT2D eigenvalue weighted by molar-refractivity contribution is 0.0944. The number of nitrogens with one attached hydrogen (secondary N) is 1. The molecule has 3 rings (SSSR count). The summed E-state index contributed by atoms with van der Waals surface area (Å²) < 4.78 is 0. The van der Waals surface area contributed by atoms with Crippen LogP contribution in [0.4, 0.5) is 0 Å². The molecule has 1 heterocycles. The van der Waals surface area contributed by atoms with E-state index in [0.717, 1.165) is 11.1 Å². The highest BCUT2D eigenvalue weighted by molar-refractivity contribution is 7.98. The van der Waals surface area contributed by atoms with Crippen molar-refractivity contribution in [2.45, 2.75) is 10.8 Å². The third-order valence-corrected chi connectivity index (χ3v) is 5.36. The van der Waals surface area contributed by atoms with Crippen molar-refractivity contribution in [2.24, 2.45) is 0 Å². The van der Waals surface area contributed by atoms with Gasteiger partial charge in [0.2, 0.25) is 0 Å². The highest BCUT2D eigenvalue weighted by Gasteiger charge is 2.17. The van der Waals surface area contributed by atoms with Gasteiger partial charge in [0.1, 0.15) is 17.2 Å². The van der Waals surface area contributed by atoms with E-state index in [-0.39, 0.29) is 19.1 Å². The van der Waals surface area contributed by atoms with Crippen LogP contribution in [0.1, 0.15) is 27.0 Å². The highest BCUT2D eigenvalue weighted by Crippen LogP contribution is 2.33. The summed E-state index contributed by atoms with van der Waals surface area (Å²) in [5.74, 6) is 0.250. The molecule has 0 radical (unpaired) electrons. The number of aliphatic hydroxyl groups excluding tert-OH is 1. The number of carbonyl (C=O) groups excluding carboxylic acids is 1. The maximum atomic E-state index is 12.1. The Labute approximate surface area is 178 Å². The van der Waals surface area contributed by atoms with Crippen LogP contribution in [-0.2, 0) is 5.75 Å². The number of nitriles is 2. The van der Waals surface area contributed by atoms with Crippen molar-refractivity contribution < 1.29 is 9.90 Å². The number of amides is 1. The van der Waals surface area contributed by atoms with Gasteiger partial charge in [0.05, 0.1) is 17.7 Å². The molecule has 0 aliphatic heterocycles. The van der Waals surface area contributed by atoms with Gasteiger partial charge in [-0.3, -0.25) is 4.79 Å². The molecule has 7 heteroatoms. The molecule has 1 aromatic heterocycles. The third kappa shape index (κ3) is 4.84. The van der Waals surface area contributed by atoms with Gasteiger partial charge in [-0.05, 0) is 23.3 Å². The molecular weight excluding hydrogens is 396 g/mol. The summed E-state index contributed by atoms with van der Waals surface area (Å²) in [5.41, 5.74) is 3.48. The van der Waals surface area contributed by atoms with Crippen LogP contribution in [0.3, 0.4) is 0 Å². The van der Waals surface area contributed by atoms with Crippen LogP contribution in [0.15, 0.2) is 65.8 Å². The first-order chi connectivity index (χ1) is 14.7. The van der Waals surface area contributed by atoms with Gasteiger partial charge < -0.3 is 10.4 Å². The van der Waals surface area contributed by atoms with E-state index >= 15 is 0 Å². The smallest absolute Gasteiger partial charge is 0.251 e. The monoisotopic (exact) mass is 414 g/mol. The summed E-state index contributed by atoms with van der Waals surface area (Å²) in [7, 11) is 0. The van der Waals surface area contributed by atoms with Crippen LogP contribution in [-0.4, -0.2) is 29.1 Å². The van der Waals surface area contributed by atoms with Gasteiger partial charge >= 0.3 is 0 Å². The van der Waals surface area contributed by atoms with Crippen LogP contribution < -0.4 is 5.32 Å². The number of benzene rings is 2. The van der Waals surface area contributed by atoms with E-state index in [9.17, 15) is 15.3 Å². The van der Waals surface area contributed by atoms with Gasteiger partial charge in [0.15, 0.2) is 0 Å². The number of aromatic nitrogens is 1. The summed E-state index contributed by atoms with van der Waals surface area (Å²) >= 11 is 1.38. The lowest BCUT2D eigenvalue weighted by Crippen LogP contribution is -2.26. The predicted molar refractivity (Wildman–Crippen MR) is 115 cm³/mol. The fourth-order valence-electron chi connectivity index (χ4n) is 2.92. The number of rotatable bonds is 7. The Kier molecular flexibility index (Phi) is 7.18. The lowest BCUT2D eigenvalue weighted by Gasteiger charge is -2.11. The maximum absolute atomic E-state index is 12.1. The first-order valence-electron chi connectivity index (χ1n) is 9.17. The first kappa shape index (κ1) is 21.1. The second-order valence-corrected chi connectivity index (χ2v) is 7.25. The van der Waals surface area contributed by atoms with Crippen molar-refractivity contribution in [3.05, 3.63) is 83.0 Å². The Morgan fingerprint density at radius 2 is 1.90 bits per heavy atom. The summed E-state index contributed by atoms with van der Waals surface area (Å²) in [6.07, 6.45) is 1.49. The van der Waals surface area contributed by atoms with Crippen LogP contribution in [0, 0.1) is 22.7 Å². The quantitative estimate of drug-likeness (QED) is 0.573. The fraction of sp³-hybridized carbons (Fsp3) is 0.130. The summed E-state index contributed by atoms with van der Waals surface area (Å²) in [4.78, 5) is 16.4. The molecule has 30 heavy (non-hydrogen) atoms. The predicted octanol–water partition coefficient (Wildman–Crippen LogP) is 3.51. The zero-order valence-electron chi connectivity index (χ0n) is 16.0. The Morgan fingerprint density at radius 3 is 2.60 bits per heavy atom. The van der Waals surface area contributed by atoms with Crippen molar-refractivity contribution in [3.63, 3.8) is 0 Å². The second-order valence-electron chi connectivity index (χ2n) is 6.29. The number of carbonyl (C=O) groups is 1. The van der Waals surface area contributed by atoms with E-state index in [2.05, 4.69) is 22.4 Å². The van der Waals surface area contributed by atoms with Gasteiger partial charge in [-0.2, -0.15) is 10.5 Å². The molecule has 0 unspecified atom stereocenters. The van der Waals surface area contributed by atoms with Gasteiger partial charge in [0.25, 0.3) is 5.91 Å². The number of aliphatic hydroxyl groups is 1. The van der Waals surface area contributed by atoms with Crippen molar-refractivity contribution in [2.75, 3.05) is 13.2 Å². The van der Waals surface area contributed by atoms with E-state index in [1.54, 1.807) is 18.2 Å². The zero-order chi connectivity index (χ0) is 21.3.